The van der Waals surface area contributed by atoms with E-state index in [0.29, 0.717) is 37.0 Å². The minimum absolute atomic E-state index is 0.0328. The Bertz CT molecular complexity index is 1020. The van der Waals surface area contributed by atoms with Gasteiger partial charge in [-0.1, -0.05) is 13.8 Å². The van der Waals surface area contributed by atoms with E-state index in [1.165, 1.54) is 6.42 Å². The van der Waals surface area contributed by atoms with Crippen molar-refractivity contribution in [2.75, 3.05) is 39.3 Å². The molecule has 1 unspecified atom stereocenters. The van der Waals surface area contributed by atoms with Gasteiger partial charge in [0, 0.05) is 51.0 Å². The van der Waals surface area contributed by atoms with Crippen LogP contribution in [0.1, 0.15) is 86.5 Å². The normalized spacial score (nSPS) is 22.8. The van der Waals surface area contributed by atoms with Crippen LogP contribution in [0, 0.1) is 5.41 Å². The number of pyridine rings is 1. The SMILES string of the molecule is CC(C)c1nnc(C2CC3(CCN(C(=O)c4cccnc4)CC3)CN2CC(=O)N2CCCCC2)o1. The van der Waals surface area contributed by atoms with Crippen LogP contribution in [0.5, 0.6) is 0 Å². The third-order valence-corrected chi connectivity index (χ3v) is 7.91. The third-order valence-electron chi connectivity index (χ3n) is 7.91. The van der Waals surface area contributed by atoms with Crippen molar-refractivity contribution in [1.82, 2.24) is 29.9 Å². The van der Waals surface area contributed by atoms with Crippen molar-refractivity contribution in [3.8, 4) is 0 Å². The van der Waals surface area contributed by atoms with Gasteiger partial charge in [-0.3, -0.25) is 19.5 Å². The molecule has 2 aromatic rings. The molecule has 3 fully saturated rings. The average Bonchev–Trinajstić information content (AvgIpc) is 3.51. The van der Waals surface area contributed by atoms with E-state index in [9.17, 15) is 9.59 Å². The molecule has 1 spiro atoms. The van der Waals surface area contributed by atoms with Crippen LogP contribution in [-0.2, 0) is 4.79 Å². The van der Waals surface area contributed by atoms with Crippen molar-refractivity contribution in [2.24, 2.45) is 5.41 Å². The zero-order valence-corrected chi connectivity index (χ0v) is 20.9. The van der Waals surface area contributed by atoms with E-state index in [0.717, 1.165) is 51.7 Å². The topological polar surface area (TPSA) is 95.7 Å². The summed E-state index contributed by atoms with van der Waals surface area (Å²) in [5, 5.41) is 8.66. The molecule has 5 heterocycles. The number of carbonyl (C=O) groups excluding carboxylic acids is 2. The van der Waals surface area contributed by atoms with E-state index in [-0.39, 0.29) is 29.2 Å². The molecule has 0 aliphatic carbocycles. The first-order chi connectivity index (χ1) is 16.9. The Labute approximate surface area is 206 Å². The number of piperidine rings is 2. The molecule has 1 atom stereocenters. The molecule has 3 aliphatic rings. The summed E-state index contributed by atoms with van der Waals surface area (Å²) in [5.74, 6) is 1.65. The predicted molar refractivity (Wildman–Crippen MR) is 130 cm³/mol. The molecular formula is C26H36N6O3. The maximum Gasteiger partial charge on any atom is 0.255 e. The first-order valence-corrected chi connectivity index (χ1v) is 13.0. The number of aromatic nitrogens is 3. The lowest BCUT2D eigenvalue weighted by Gasteiger charge is -2.39. The summed E-state index contributed by atoms with van der Waals surface area (Å²) in [6.45, 7) is 8.39. The number of carbonyl (C=O) groups is 2. The van der Waals surface area contributed by atoms with Crippen LogP contribution < -0.4 is 0 Å². The molecule has 0 N–H and O–H groups in total. The molecule has 3 aliphatic heterocycles. The first kappa shape index (κ1) is 23.9. The van der Waals surface area contributed by atoms with Gasteiger partial charge in [-0.25, -0.2) is 0 Å². The van der Waals surface area contributed by atoms with Crippen LogP contribution in [0.15, 0.2) is 28.9 Å². The smallest absolute Gasteiger partial charge is 0.255 e. The molecule has 0 bridgehead atoms. The average molecular weight is 481 g/mol. The molecule has 35 heavy (non-hydrogen) atoms. The molecule has 0 radical (unpaired) electrons. The molecule has 3 saturated heterocycles. The first-order valence-electron chi connectivity index (χ1n) is 13.0. The van der Waals surface area contributed by atoms with Crippen molar-refractivity contribution < 1.29 is 14.0 Å². The Balaban J connectivity index is 1.30. The largest absolute Gasteiger partial charge is 0.423 e. The molecule has 5 rings (SSSR count). The number of rotatable bonds is 5. The lowest BCUT2D eigenvalue weighted by molar-refractivity contribution is -0.133. The van der Waals surface area contributed by atoms with Gasteiger partial charge < -0.3 is 14.2 Å². The Hall–Kier alpha value is -2.81. The number of hydrogen-bond acceptors (Lipinski definition) is 7. The third kappa shape index (κ3) is 5.10. The zero-order chi connectivity index (χ0) is 24.4. The highest BCUT2D eigenvalue weighted by Crippen LogP contribution is 2.49. The molecule has 9 heteroatoms. The minimum Gasteiger partial charge on any atom is -0.423 e. The van der Waals surface area contributed by atoms with Gasteiger partial charge in [0.1, 0.15) is 0 Å². The van der Waals surface area contributed by atoms with E-state index in [1.54, 1.807) is 18.5 Å². The van der Waals surface area contributed by atoms with Crippen molar-refractivity contribution >= 4 is 11.8 Å². The van der Waals surface area contributed by atoms with E-state index in [4.69, 9.17) is 4.42 Å². The van der Waals surface area contributed by atoms with Crippen LogP contribution in [0.25, 0.3) is 0 Å². The standard InChI is InChI=1S/C26H36N6O3/c1-19(2)23-28-29-24(35-23)21-15-26(18-32(21)17-22(33)30-11-4-3-5-12-30)8-13-31(14-9-26)25(34)20-7-6-10-27-16-20/h6-7,10,16,19,21H,3-5,8-9,11-15,17-18H2,1-2H3. The van der Waals surface area contributed by atoms with Gasteiger partial charge in [0.2, 0.25) is 17.7 Å². The van der Waals surface area contributed by atoms with Gasteiger partial charge in [0.25, 0.3) is 5.91 Å². The molecule has 2 aromatic heterocycles. The van der Waals surface area contributed by atoms with Crippen molar-refractivity contribution in [3.05, 3.63) is 41.9 Å². The highest BCUT2D eigenvalue weighted by atomic mass is 16.4. The maximum atomic E-state index is 13.2. The quantitative estimate of drug-likeness (QED) is 0.648. The fraction of sp³-hybridized carbons (Fsp3) is 0.654. The lowest BCUT2D eigenvalue weighted by atomic mass is 9.76. The molecular weight excluding hydrogens is 444 g/mol. The molecule has 2 amide bonds. The number of hydrogen-bond donors (Lipinski definition) is 0. The van der Waals surface area contributed by atoms with Gasteiger partial charge in [-0.15, -0.1) is 10.2 Å². The van der Waals surface area contributed by atoms with Gasteiger partial charge in [-0.2, -0.15) is 0 Å². The van der Waals surface area contributed by atoms with Crippen molar-refractivity contribution in [2.45, 2.75) is 64.3 Å². The van der Waals surface area contributed by atoms with Crippen LogP contribution in [0.3, 0.4) is 0 Å². The van der Waals surface area contributed by atoms with Gasteiger partial charge in [0.05, 0.1) is 18.2 Å². The molecule has 188 valence electrons. The second-order valence-electron chi connectivity index (χ2n) is 10.7. The van der Waals surface area contributed by atoms with Crippen LogP contribution >= 0.6 is 0 Å². The van der Waals surface area contributed by atoms with E-state index < -0.39 is 0 Å². The fourth-order valence-electron chi connectivity index (χ4n) is 5.80. The summed E-state index contributed by atoms with van der Waals surface area (Å²) in [5.41, 5.74) is 0.666. The molecule has 9 nitrogen and oxygen atoms in total. The highest BCUT2D eigenvalue weighted by molar-refractivity contribution is 5.93. The zero-order valence-electron chi connectivity index (χ0n) is 20.9. The summed E-state index contributed by atoms with van der Waals surface area (Å²) in [6.07, 6.45) is 9.35. The van der Waals surface area contributed by atoms with Crippen molar-refractivity contribution in [1.29, 1.82) is 0 Å². The number of likely N-dealkylation sites (tertiary alicyclic amines) is 3. The highest BCUT2D eigenvalue weighted by Gasteiger charge is 2.49. The summed E-state index contributed by atoms with van der Waals surface area (Å²) in [4.78, 5) is 36.4. The monoisotopic (exact) mass is 480 g/mol. The van der Waals surface area contributed by atoms with Gasteiger partial charge >= 0.3 is 0 Å². The van der Waals surface area contributed by atoms with E-state index >= 15 is 0 Å². The Morgan fingerprint density at radius 3 is 2.51 bits per heavy atom. The second kappa shape index (κ2) is 10.0. The minimum atomic E-state index is -0.0654. The lowest BCUT2D eigenvalue weighted by Crippen LogP contribution is -2.46. The van der Waals surface area contributed by atoms with Crippen molar-refractivity contribution in [3.63, 3.8) is 0 Å². The molecule has 0 aromatic carbocycles. The molecule has 0 saturated carbocycles. The Morgan fingerprint density at radius 2 is 1.86 bits per heavy atom. The van der Waals surface area contributed by atoms with E-state index in [2.05, 4.69) is 20.1 Å². The number of amides is 2. The summed E-state index contributed by atoms with van der Waals surface area (Å²) in [7, 11) is 0. The predicted octanol–water partition coefficient (Wildman–Crippen LogP) is 3.27. The Morgan fingerprint density at radius 1 is 1.09 bits per heavy atom. The summed E-state index contributed by atoms with van der Waals surface area (Å²) in [6, 6.07) is 3.55. The van der Waals surface area contributed by atoms with Gasteiger partial charge in [0.15, 0.2) is 0 Å². The van der Waals surface area contributed by atoms with Gasteiger partial charge in [-0.05, 0) is 56.1 Å². The van der Waals surface area contributed by atoms with E-state index in [1.807, 2.05) is 29.7 Å². The fourth-order valence-corrected chi connectivity index (χ4v) is 5.80. The summed E-state index contributed by atoms with van der Waals surface area (Å²) < 4.78 is 6.08. The van der Waals surface area contributed by atoms with Crippen LogP contribution in [-0.4, -0.2) is 81.0 Å². The summed E-state index contributed by atoms with van der Waals surface area (Å²) >= 11 is 0. The van der Waals surface area contributed by atoms with Crippen LogP contribution in [0.4, 0.5) is 0 Å². The maximum absolute atomic E-state index is 13.2. The number of nitrogens with zero attached hydrogens (tertiary/aromatic N) is 6. The Kier molecular flexibility index (Phi) is 6.86. The second-order valence-corrected chi connectivity index (χ2v) is 10.7. The van der Waals surface area contributed by atoms with Crippen LogP contribution in [0.2, 0.25) is 0 Å².